The molecule has 7 nitrogen and oxygen atoms in total. The molecule has 0 bridgehead atoms. The second kappa shape index (κ2) is 8.39. The summed E-state index contributed by atoms with van der Waals surface area (Å²) in [4.78, 5) is 37.5. The van der Waals surface area contributed by atoms with E-state index in [0.717, 1.165) is 4.90 Å². The van der Waals surface area contributed by atoms with Gasteiger partial charge >= 0.3 is 5.97 Å². The van der Waals surface area contributed by atoms with Crippen molar-refractivity contribution in [3.05, 3.63) is 65.2 Å². The summed E-state index contributed by atoms with van der Waals surface area (Å²) in [5.74, 6) is -0.313. The highest BCUT2D eigenvalue weighted by molar-refractivity contribution is 6.21. The van der Waals surface area contributed by atoms with Crippen LogP contribution in [0.2, 0.25) is 0 Å². The topological polar surface area (TPSA) is 82.1 Å². The lowest BCUT2D eigenvalue weighted by atomic mass is 10.1. The molecule has 0 aliphatic carbocycles. The molecule has 0 spiro atoms. The number of carbonyl (C=O) groups is 3. The van der Waals surface area contributed by atoms with Gasteiger partial charge in [-0.05, 0) is 24.3 Å². The SMILES string of the molecule is COc1cccc(/C=C/C(=O)OCCN2C(=O)c3ccccc3C2=O)c1OC. The van der Waals surface area contributed by atoms with Crippen LogP contribution in [0, 0.1) is 0 Å². The van der Waals surface area contributed by atoms with E-state index in [0.29, 0.717) is 28.2 Å². The average Bonchev–Trinajstić information content (AvgIpc) is 2.96. The van der Waals surface area contributed by atoms with Gasteiger partial charge in [-0.25, -0.2) is 4.79 Å². The number of hydrogen-bond acceptors (Lipinski definition) is 6. The van der Waals surface area contributed by atoms with E-state index >= 15 is 0 Å². The molecule has 2 amide bonds. The van der Waals surface area contributed by atoms with Gasteiger partial charge in [-0.2, -0.15) is 0 Å². The highest BCUT2D eigenvalue weighted by Crippen LogP contribution is 2.31. The number of benzene rings is 2. The van der Waals surface area contributed by atoms with Crippen molar-refractivity contribution in [2.24, 2.45) is 0 Å². The Hall–Kier alpha value is -3.61. The summed E-state index contributed by atoms with van der Waals surface area (Å²) in [7, 11) is 3.04. The standard InChI is InChI=1S/C21H19NO6/c1-26-17-9-5-6-14(19(17)27-2)10-11-18(23)28-13-12-22-20(24)15-7-3-4-8-16(15)21(22)25/h3-11H,12-13H2,1-2H3/b11-10+. The Morgan fingerprint density at radius 2 is 1.64 bits per heavy atom. The number of carbonyl (C=O) groups excluding carboxylic acids is 3. The number of nitrogens with zero attached hydrogens (tertiary/aromatic N) is 1. The van der Waals surface area contributed by atoms with Crippen LogP contribution in [0.4, 0.5) is 0 Å². The van der Waals surface area contributed by atoms with E-state index in [2.05, 4.69) is 0 Å². The molecule has 0 saturated carbocycles. The number of amides is 2. The van der Waals surface area contributed by atoms with Gasteiger partial charge in [-0.15, -0.1) is 0 Å². The lowest BCUT2D eigenvalue weighted by Gasteiger charge is -2.13. The number of imide groups is 1. The van der Waals surface area contributed by atoms with Gasteiger partial charge in [0.1, 0.15) is 6.61 Å². The molecule has 1 aliphatic heterocycles. The minimum Gasteiger partial charge on any atom is -0.493 e. The average molecular weight is 381 g/mol. The van der Waals surface area contributed by atoms with Crippen LogP contribution in [0.5, 0.6) is 11.5 Å². The predicted octanol–water partition coefficient (Wildman–Crippen LogP) is 2.56. The second-order valence-electron chi connectivity index (χ2n) is 5.89. The van der Waals surface area contributed by atoms with Crippen molar-refractivity contribution in [1.29, 1.82) is 0 Å². The Kier molecular flexibility index (Phi) is 5.74. The Morgan fingerprint density at radius 3 is 2.25 bits per heavy atom. The monoisotopic (exact) mass is 381 g/mol. The molecule has 0 fully saturated rings. The molecular weight excluding hydrogens is 362 g/mol. The fraction of sp³-hybridized carbons (Fsp3) is 0.190. The zero-order valence-corrected chi connectivity index (χ0v) is 15.5. The minimum atomic E-state index is -0.596. The molecule has 1 aliphatic rings. The lowest BCUT2D eigenvalue weighted by Crippen LogP contribution is -2.33. The van der Waals surface area contributed by atoms with Gasteiger partial charge in [0, 0.05) is 11.6 Å². The van der Waals surface area contributed by atoms with Crippen LogP contribution in [0.1, 0.15) is 26.3 Å². The predicted molar refractivity (Wildman–Crippen MR) is 101 cm³/mol. The normalized spacial score (nSPS) is 13.0. The van der Waals surface area contributed by atoms with Gasteiger partial charge in [0.25, 0.3) is 11.8 Å². The van der Waals surface area contributed by atoms with E-state index in [1.165, 1.54) is 20.3 Å². The fourth-order valence-corrected chi connectivity index (χ4v) is 2.93. The molecule has 28 heavy (non-hydrogen) atoms. The molecule has 0 atom stereocenters. The maximum Gasteiger partial charge on any atom is 0.330 e. The number of hydrogen-bond donors (Lipinski definition) is 0. The molecule has 2 aromatic carbocycles. The molecule has 0 saturated heterocycles. The lowest BCUT2D eigenvalue weighted by molar-refractivity contribution is -0.137. The van der Waals surface area contributed by atoms with E-state index in [1.54, 1.807) is 48.5 Å². The van der Waals surface area contributed by atoms with E-state index in [-0.39, 0.29) is 25.0 Å². The Labute approximate surface area is 162 Å². The number of rotatable bonds is 7. The summed E-state index contributed by atoms with van der Waals surface area (Å²) >= 11 is 0. The highest BCUT2D eigenvalue weighted by Gasteiger charge is 2.34. The van der Waals surface area contributed by atoms with Gasteiger partial charge < -0.3 is 14.2 Å². The van der Waals surface area contributed by atoms with Gasteiger partial charge in [-0.1, -0.05) is 24.3 Å². The van der Waals surface area contributed by atoms with Gasteiger partial charge in [0.15, 0.2) is 11.5 Å². The van der Waals surface area contributed by atoms with Crippen LogP contribution in [-0.2, 0) is 9.53 Å². The number of esters is 1. The minimum absolute atomic E-state index is 0.00555. The van der Waals surface area contributed by atoms with Gasteiger partial charge in [0.2, 0.25) is 0 Å². The van der Waals surface area contributed by atoms with Crippen LogP contribution >= 0.6 is 0 Å². The molecule has 0 radical (unpaired) electrons. The third kappa shape index (κ3) is 3.73. The van der Waals surface area contributed by atoms with Crippen LogP contribution in [0.3, 0.4) is 0 Å². The second-order valence-corrected chi connectivity index (χ2v) is 5.89. The van der Waals surface area contributed by atoms with Crippen LogP contribution in [0.25, 0.3) is 6.08 Å². The summed E-state index contributed by atoms with van der Waals surface area (Å²) in [5, 5.41) is 0. The van der Waals surface area contributed by atoms with E-state index < -0.39 is 5.97 Å². The molecule has 0 unspecified atom stereocenters. The summed E-state index contributed by atoms with van der Waals surface area (Å²) in [5.41, 5.74) is 1.38. The maximum atomic E-state index is 12.2. The number of para-hydroxylation sites is 1. The van der Waals surface area contributed by atoms with E-state index in [1.807, 2.05) is 0 Å². The first-order valence-electron chi connectivity index (χ1n) is 8.58. The van der Waals surface area contributed by atoms with Crippen LogP contribution in [0.15, 0.2) is 48.5 Å². The first-order valence-corrected chi connectivity index (χ1v) is 8.58. The highest BCUT2D eigenvalue weighted by atomic mass is 16.5. The third-order valence-electron chi connectivity index (χ3n) is 4.27. The molecule has 3 rings (SSSR count). The van der Waals surface area contributed by atoms with E-state index in [4.69, 9.17) is 14.2 Å². The molecule has 7 heteroatoms. The quantitative estimate of drug-likeness (QED) is 0.416. The largest absolute Gasteiger partial charge is 0.493 e. The molecule has 144 valence electrons. The summed E-state index contributed by atoms with van der Waals surface area (Å²) in [6.07, 6.45) is 2.80. The van der Waals surface area contributed by atoms with Crippen molar-refractivity contribution in [2.45, 2.75) is 0 Å². The van der Waals surface area contributed by atoms with Crippen molar-refractivity contribution in [1.82, 2.24) is 4.90 Å². The molecule has 0 N–H and O–H groups in total. The fourth-order valence-electron chi connectivity index (χ4n) is 2.93. The van der Waals surface area contributed by atoms with Crippen molar-refractivity contribution in [2.75, 3.05) is 27.4 Å². The van der Waals surface area contributed by atoms with E-state index in [9.17, 15) is 14.4 Å². The summed E-state index contributed by atoms with van der Waals surface area (Å²) in [6.45, 7) is -0.0989. The first-order chi connectivity index (χ1) is 13.6. The zero-order chi connectivity index (χ0) is 20.1. The van der Waals surface area contributed by atoms with Crippen LogP contribution in [-0.4, -0.2) is 50.1 Å². The Balaban J connectivity index is 1.57. The maximum absolute atomic E-state index is 12.2. The van der Waals surface area contributed by atoms with Crippen molar-refractivity contribution in [3.63, 3.8) is 0 Å². The number of fused-ring (bicyclic) bond motifs is 1. The molecule has 2 aromatic rings. The van der Waals surface area contributed by atoms with Crippen molar-refractivity contribution < 1.29 is 28.6 Å². The smallest absolute Gasteiger partial charge is 0.330 e. The summed E-state index contributed by atoms with van der Waals surface area (Å²) < 4.78 is 15.6. The van der Waals surface area contributed by atoms with Crippen LogP contribution < -0.4 is 9.47 Å². The molecule has 0 aromatic heterocycles. The van der Waals surface area contributed by atoms with Gasteiger partial charge in [0.05, 0.1) is 31.9 Å². The third-order valence-corrected chi connectivity index (χ3v) is 4.27. The van der Waals surface area contributed by atoms with Gasteiger partial charge in [-0.3, -0.25) is 14.5 Å². The molecular formula is C21H19NO6. The Bertz CT molecular complexity index is 915. The Morgan fingerprint density at radius 1 is 0.964 bits per heavy atom. The van der Waals surface area contributed by atoms with Crippen molar-refractivity contribution >= 4 is 23.9 Å². The molecule has 1 heterocycles. The summed E-state index contributed by atoms with van der Waals surface area (Å²) in [6, 6.07) is 11.9. The first kappa shape index (κ1) is 19.2. The zero-order valence-electron chi connectivity index (χ0n) is 15.5. The number of methoxy groups -OCH3 is 2. The number of ether oxygens (including phenoxy) is 3. The van der Waals surface area contributed by atoms with Crippen molar-refractivity contribution in [3.8, 4) is 11.5 Å².